The summed E-state index contributed by atoms with van der Waals surface area (Å²) >= 11 is 0. The number of likely N-dealkylation sites (tertiary alicyclic amines) is 1. The molecule has 0 radical (unpaired) electrons. The van der Waals surface area contributed by atoms with Gasteiger partial charge >= 0.3 is 0 Å². The van der Waals surface area contributed by atoms with E-state index in [1.54, 1.807) is 0 Å². The van der Waals surface area contributed by atoms with Crippen LogP contribution in [0.4, 0.5) is 0 Å². The third-order valence-corrected chi connectivity index (χ3v) is 4.85. The Bertz CT molecular complexity index is 447. The van der Waals surface area contributed by atoms with Gasteiger partial charge in [0.1, 0.15) is 0 Å². The highest BCUT2D eigenvalue weighted by Crippen LogP contribution is 2.28. The molecule has 0 amide bonds. The van der Waals surface area contributed by atoms with Crippen molar-refractivity contribution >= 4 is 0 Å². The summed E-state index contributed by atoms with van der Waals surface area (Å²) in [6.45, 7) is 15.7. The molecule has 3 unspecified atom stereocenters. The average Bonchev–Trinajstić information content (AvgIpc) is 2.35. The molecule has 0 aromatic heterocycles. The van der Waals surface area contributed by atoms with Crippen molar-refractivity contribution in [3.05, 3.63) is 34.4 Å². The SMILES string of the molecule is Cc1cc(C)c(C(CN)CN2CC(C)CC(C)C2)c(C)c1. The van der Waals surface area contributed by atoms with Gasteiger partial charge in [0.2, 0.25) is 0 Å². The third-order valence-electron chi connectivity index (χ3n) is 4.85. The molecule has 2 heteroatoms. The molecule has 0 aliphatic carbocycles. The molecule has 1 aliphatic rings. The van der Waals surface area contributed by atoms with E-state index in [-0.39, 0.29) is 0 Å². The quantitative estimate of drug-likeness (QED) is 0.916. The summed E-state index contributed by atoms with van der Waals surface area (Å²) < 4.78 is 0. The van der Waals surface area contributed by atoms with Crippen molar-refractivity contribution in [3.63, 3.8) is 0 Å². The Morgan fingerprint density at radius 2 is 1.62 bits per heavy atom. The summed E-state index contributed by atoms with van der Waals surface area (Å²) in [7, 11) is 0. The second-order valence-electron chi connectivity index (χ2n) is 7.41. The third kappa shape index (κ3) is 4.08. The smallest absolute Gasteiger partial charge is 0.00941 e. The van der Waals surface area contributed by atoms with Crippen LogP contribution < -0.4 is 5.73 Å². The Hall–Kier alpha value is -0.860. The van der Waals surface area contributed by atoms with E-state index in [9.17, 15) is 0 Å². The molecule has 1 aromatic carbocycles. The number of piperidine rings is 1. The molecule has 118 valence electrons. The van der Waals surface area contributed by atoms with Crippen LogP contribution in [0, 0.1) is 32.6 Å². The van der Waals surface area contributed by atoms with Crippen LogP contribution in [0.1, 0.15) is 48.4 Å². The number of aryl methyl sites for hydroxylation is 3. The van der Waals surface area contributed by atoms with Gasteiger partial charge in [0.05, 0.1) is 0 Å². The highest BCUT2D eigenvalue weighted by molar-refractivity contribution is 5.40. The predicted octanol–water partition coefficient (Wildman–Crippen LogP) is 3.63. The second kappa shape index (κ2) is 6.93. The van der Waals surface area contributed by atoms with Crippen molar-refractivity contribution < 1.29 is 0 Å². The molecule has 1 aliphatic heterocycles. The summed E-state index contributed by atoms with van der Waals surface area (Å²) in [5.41, 5.74) is 11.8. The fourth-order valence-electron chi connectivity index (χ4n) is 4.37. The molecule has 2 rings (SSSR count). The molecule has 0 bridgehead atoms. The maximum Gasteiger partial charge on any atom is 0.00941 e. The first-order valence-corrected chi connectivity index (χ1v) is 8.40. The molecule has 2 nitrogen and oxygen atoms in total. The van der Waals surface area contributed by atoms with Crippen LogP contribution in [0.3, 0.4) is 0 Å². The molecular weight excluding hydrogens is 256 g/mol. The van der Waals surface area contributed by atoms with Crippen molar-refractivity contribution in [2.75, 3.05) is 26.2 Å². The average molecular weight is 288 g/mol. The Morgan fingerprint density at radius 3 is 2.10 bits per heavy atom. The Balaban J connectivity index is 2.17. The highest BCUT2D eigenvalue weighted by atomic mass is 15.1. The van der Waals surface area contributed by atoms with E-state index < -0.39 is 0 Å². The number of hydrogen-bond acceptors (Lipinski definition) is 2. The van der Waals surface area contributed by atoms with Crippen molar-refractivity contribution in [1.82, 2.24) is 4.90 Å². The first kappa shape index (κ1) is 16.5. The van der Waals surface area contributed by atoms with Crippen molar-refractivity contribution in [1.29, 1.82) is 0 Å². The lowest BCUT2D eigenvalue weighted by Crippen LogP contribution is -2.42. The first-order chi connectivity index (χ1) is 9.90. The summed E-state index contributed by atoms with van der Waals surface area (Å²) in [6.07, 6.45) is 1.37. The lowest BCUT2D eigenvalue weighted by atomic mass is 9.87. The van der Waals surface area contributed by atoms with Crippen LogP contribution in [0.15, 0.2) is 12.1 Å². The molecule has 2 N–H and O–H groups in total. The van der Waals surface area contributed by atoms with Gasteiger partial charge in [-0.05, 0) is 55.7 Å². The van der Waals surface area contributed by atoms with Gasteiger partial charge in [-0.15, -0.1) is 0 Å². The van der Waals surface area contributed by atoms with Gasteiger partial charge in [-0.1, -0.05) is 31.5 Å². The van der Waals surface area contributed by atoms with Crippen molar-refractivity contribution in [3.8, 4) is 0 Å². The van der Waals surface area contributed by atoms with Crippen LogP contribution in [0.25, 0.3) is 0 Å². The monoisotopic (exact) mass is 288 g/mol. The minimum Gasteiger partial charge on any atom is -0.330 e. The molecule has 1 heterocycles. The van der Waals surface area contributed by atoms with E-state index >= 15 is 0 Å². The van der Waals surface area contributed by atoms with E-state index in [1.165, 1.54) is 41.8 Å². The fourth-order valence-corrected chi connectivity index (χ4v) is 4.37. The number of nitrogens with two attached hydrogens (primary N) is 1. The summed E-state index contributed by atoms with van der Waals surface area (Å²) in [5, 5.41) is 0. The van der Waals surface area contributed by atoms with E-state index in [4.69, 9.17) is 5.73 Å². The van der Waals surface area contributed by atoms with Crippen LogP contribution >= 0.6 is 0 Å². The molecule has 1 saturated heterocycles. The number of hydrogen-bond donors (Lipinski definition) is 1. The van der Waals surface area contributed by atoms with Gasteiger partial charge in [0.25, 0.3) is 0 Å². The van der Waals surface area contributed by atoms with Gasteiger partial charge < -0.3 is 10.6 Å². The number of benzene rings is 1. The molecule has 21 heavy (non-hydrogen) atoms. The molecule has 0 spiro atoms. The van der Waals surface area contributed by atoms with Crippen LogP contribution in [-0.2, 0) is 0 Å². The van der Waals surface area contributed by atoms with Gasteiger partial charge in [-0.3, -0.25) is 0 Å². The van der Waals surface area contributed by atoms with E-state index in [1.807, 2.05) is 0 Å². The lowest BCUT2D eigenvalue weighted by molar-refractivity contribution is 0.134. The Labute approximate surface area is 130 Å². The summed E-state index contributed by atoms with van der Waals surface area (Å²) in [6, 6.07) is 4.60. The zero-order valence-electron chi connectivity index (χ0n) is 14.4. The number of nitrogens with zero attached hydrogens (tertiary/aromatic N) is 1. The topological polar surface area (TPSA) is 29.3 Å². The van der Waals surface area contributed by atoms with E-state index in [0.717, 1.165) is 24.9 Å². The lowest BCUT2D eigenvalue weighted by Gasteiger charge is -2.37. The number of rotatable bonds is 4. The minimum absolute atomic E-state index is 0.461. The molecule has 1 fully saturated rings. The van der Waals surface area contributed by atoms with E-state index in [0.29, 0.717) is 5.92 Å². The molecule has 3 atom stereocenters. The van der Waals surface area contributed by atoms with Gasteiger partial charge in [0, 0.05) is 32.1 Å². The fraction of sp³-hybridized carbons (Fsp3) is 0.684. The predicted molar refractivity (Wildman–Crippen MR) is 91.8 cm³/mol. The van der Waals surface area contributed by atoms with Crippen molar-refractivity contribution in [2.24, 2.45) is 17.6 Å². The molecular formula is C19H32N2. The second-order valence-corrected chi connectivity index (χ2v) is 7.41. The molecule has 1 aromatic rings. The highest BCUT2D eigenvalue weighted by Gasteiger charge is 2.25. The Kier molecular flexibility index (Phi) is 5.45. The van der Waals surface area contributed by atoms with Crippen LogP contribution in [-0.4, -0.2) is 31.1 Å². The summed E-state index contributed by atoms with van der Waals surface area (Å²) in [4.78, 5) is 2.63. The Morgan fingerprint density at radius 1 is 1.10 bits per heavy atom. The molecule has 0 saturated carbocycles. The van der Waals surface area contributed by atoms with E-state index in [2.05, 4.69) is 51.7 Å². The minimum atomic E-state index is 0.461. The van der Waals surface area contributed by atoms with Gasteiger partial charge in [0.15, 0.2) is 0 Å². The standard InChI is InChI=1S/C19H32N2/c1-13-7-16(4)19(17(5)8-13)18(9-20)12-21-10-14(2)6-15(3)11-21/h7-8,14-15,18H,6,9-12,20H2,1-5H3. The maximum atomic E-state index is 6.14. The first-order valence-electron chi connectivity index (χ1n) is 8.40. The zero-order chi connectivity index (χ0) is 15.6. The van der Waals surface area contributed by atoms with Gasteiger partial charge in [-0.25, -0.2) is 0 Å². The van der Waals surface area contributed by atoms with Crippen LogP contribution in [0.5, 0.6) is 0 Å². The van der Waals surface area contributed by atoms with Crippen LogP contribution in [0.2, 0.25) is 0 Å². The largest absolute Gasteiger partial charge is 0.330 e. The van der Waals surface area contributed by atoms with Crippen molar-refractivity contribution in [2.45, 2.75) is 47.0 Å². The normalized spacial score (nSPS) is 25.0. The van der Waals surface area contributed by atoms with Gasteiger partial charge in [-0.2, -0.15) is 0 Å². The zero-order valence-corrected chi connectivity index (χ0v) is 14.4. The summed E-state index contributed by atoms with van der Waals surface area (Å²) in [5.74, 6) is 2.09. The maximum absolute atomic E-state index is 6.14.